The third kappa shape index (κ3) is 13.9. The fraction of sp³-hybridized carbons (Fsp3) is 1.00. The molecule has 0 heterocycles. The molecule has 0 radical (unpaired) electrons. The van der Waals surface area contributed by atoms with E-state index in [0.29, 0.717) is 13.2 Å². The second-order valence-electron chi connectivity index (χ2n) is 3.96. The Kier molecular flexibility index (Phi) is 11.9. The van der Waals surface area contributed by atoms with Gasteiger partial charge >= 0.3 is 0 Å². The van der Waals surface area contributed by atoms with Gasteiger partial charge in [0.25, 0.3) is 0 Å². The van der Waals surface area contributed by atoms with Crippen molar-refractivity contribution in [2.75, 3.05) is 39.6 Å². The summed E-state index contributed by atoms with van der Waals surface area (Å²) < 4.78 is 16.0. The van der Waals surface area contributed by atoms with Gasteiger partial charge in [-0.25, -0.2) is 0 Å². The molecule has 0 aliphatic rings. The molecule has 92 valence electrons. The van der Waals surface area contributed by atoms with Crippen LogP contribution in [0.2, 0.25) is 0 Å². The molecule has 0 bridgehead atoms. The summed E-state index contributed by atoms with van der Waals surface area (Å²) in [4.78, 5) is 0. The monoisotopic (exact) mass is 218 g/mol. The lowest BCUT2D eigenvalue weighted by atomic mass is 10.1. The van der Waals surface area contributed by atoms with Gasteiger partial charge in [-0.3, -0.25) is 0 Å². The number of hydrogen-bond acceptors (Lipinski definition) is 3. The highest BCUT2D eigenvalue weighted by Gasteiger charge is 1.94. The van der Waals surface area contributed by atoms with Crippen molar-refractivity contribution in [3.05, 3.63) is 0 Å². The lowest BCUT2D eigenvalue weighted by molar-refractivity contribution is 0.0339. The molecule has 0 N–H and O–H groups in total. The predicted octanol–water partition coefficient (Wildman–Crippen LogP) is 2.49. The standard InChI is InChI=1S/C12H26O3/c1-4-13-7-5-8-14-10-11-15-9-6-12(2)3/h12H,4-11H2,1-3H3. The van der Waals surface area contributed by atoms with E-state index in [-0.39, 0.29) is 0 Å². The minimum absolute atomic E-state index is 0.699. The van der Waals surface area contributed by atoms with Crippen LogP contribution < -0.4 is 0 Å². The van der Waals surface area contributed by atoms with Crippen molar-refractivity contribution in [2.24, 2.45) is 5.92 Å². The van der Waals surface area contributed by atoms with Gasteiger partial charge in [0, 0.05) is 26.4 Å². The Balaban J connectivity index is 2.87. The summed E-state index contributed by atoms with van der Waals surface area (Å²) in [5.41, 5.74) is 0. The Morgan fingerprint density at radius 1 is 0.800 bits per heavy atom. The fourth-order valence-electron chi connectivity index (χ4n) is 1.05. The molecule has 0 aliphatic heterocycles. The molecule has 15 heavy (non-hydrogen) atoms. The van der Waals surface area contributed by atoms with Crippen LogP contribution in [-0.4, -0.2) is 39.6 Å². The smallest absolute Gasteiger partial charge is 0.0700 e. The molecule has 0 aromatic rings. The summed E-state index contributed by atoms with van der Waals surface area (Å²) in [5, 5.41) is 0. The molecule has 0 saturated heterocycles. The van der Waals surface area contributed by atoms with Gasteiger partial charge in [0.2, 0.25) is 0 Å². The number of ether oxygens (including phenoxy) is 3. The van der Waals surface area contributed by atoms with Crippen LogP contribution in [0.3, 0.4) is 0 Å². The Bertz CT molecular complexity index is 115. The van der Waals surface area contributed by atoms with Gasteiger partial charge in [-0.2, -0.15) is 0 Å². The first-order valence-electron chi connectivity index (χ1n) is 6.00. The molecular weight excluding hydrogens is 192 g/mol. The van der Waals surface area contributed by atoms with E-state index in [4.69, 9.17) is 14.2 Å². The van der Waals surface area contributed by atoms with Gasteiger partial charge in [0.1, 0.15) is 0 Å². The highest BCUT2D eigenvalue weighted by Crippen LogP contribution is 1.98. The zero-order chi connectivity index (χ0) is 11.4. The third-order valence-corrected chi connectivity index (χ3v) is 1.99. The zero-order valence-electron chi connectivity index (χ0n) is 10.5. The van der Waals surface area contributed by atoms with Gasteiger partial charge in [0.15, 0.2) is 0 Å². The van der Waals surface area contributed by atoms with E-state index in [1.54, 1.807) is 0 Å². The zero-order valence-corrected chi connectivity index (χ0v) is 10.5. The molecular formula is C12H26O3. The molecule has 0 saturated carbocycles. The van der Waals surface area contributed by atoms with Crippen molar-refractivity contribution < 1.29 is 14.2 Å². The summed E-state index contributed by atoms with van der Waals surface area (Å²) in [6.07, 6.45) is 2.10. The molecule has 0 aliphatic carbocycles. The van der Waals surface area contributed by atoms with E-state index >= 15 is 0 Å². The number of rotatable bonds is 11. The second-order valence-corrected chi connectivity index (χ2v) is 3.96. The quantitative estimate of drug-likeness (QED) is 0.499. The largest absolute Gasteiger partial charge is 0.382 e. The number of hydrogen-bond donors (Lipinski definition) is 0. The van der Waals surface area contributed by atoms with Crippen LogP contribution in [0.1, 0.15) is 33.6 Å². The maximum absolute atomic E-state index is 5.42. The molecule has 0 rings (SSSR count). The van der Waals surface area contributed by atoms with E-state index in [9.17, 15) is 0 Å². The summed E-state index contributed by atoms with van der Waals surface area (Å²) in [6, 6.07) is 0. The first kappa shape index (κ1) is 14.9. The topological polar surface area (TPSA) is 27.7 Å². The predicted molar refractivity (Wildman–Crippen MR) is 62.2 cm³/mol. The van der Waals surface area contributed by atoms with Crippen molar-refractivity contribution in [3.8, 4) is 0 Å². The molecule has 0 aromatic carbocycles. The summed E-state index contributed by atoms with van der Waals surface area (Å²) in [7, 11) is 0. The van der Waals surface area contributed by atoms with E-state index in [1.165, 1.54) is 0 Å². The van der Waals surface area contributed by atoms with Crippen molar-refractivity contribution in [1.29, 1.82) is 0 Å². The highest BCUT2D eigenvalue weighted by molar-refractivity contribution is 4.42. The average Bonchev–Trinajstić information content (AvgIpc) is 2.20. The first-order valence-corrected chi connectivity index (χ1v) is 6.00. The van der Waals surface area contributed by atoms with Crippen LogP contribution in [-0.2, 0) is 14.2 Å². The van der Waals surface area contributed by atoms with Crippen molar-refractivity contribution >= 4 is 0 Å². The van der Waals surface area contributed by atoms with E-state index in [0.717, 1.165) is 45.2 Å². The Morgan fingerprint density at radius 3 is 2.00 bits per heavy atom. The lowest BCUT2D eigenvalue weighted by Gasteiger charge is -2.07. The van der Waals surface area contributed by atoms with Gasteiger partial charge in [-0.15, -0.1) is 0 Å². The molecule has 3 heteroatoms. The van der Waals surface area contributed by atoms with Crippen LogP contribution in [0.25, 0.3) is 0 Å². The van der Waals surface area contributed by atoms with Crippen molar-refractivity contribution in [2.45, 2.75) is 33.6 Å². The van der Waals surface area contributed by atoms with Gasteiger partial charge in [0.05, 0.1) is 13.2 Å². The molecule has 0 amide bonds. The minimum atomic E-state index is 0.699. The molecule has 0 fully saturated rings. The van der Waals surface area contributed by atoms with Gasteiger partial charge in [-0.1, -0.05) is 13.8 Å². The SMILES string of the molecule is CCOCCCOCCOCCC(C)C. The van der Waals surface area contributed by atoms with Crippen molar-refractivity contribution in [1.82, 2.24) is 0 Å². The van der Waals surface area contributed by atoms with Crippen LogP contribution >= 0.6 is 0 Å². The molecule has 0 spiro atoms. The van der Waals surface area contributed by atoms with Crippen LogP contribution in [0.5, 0.6) is 0 Å². The Hall–Kier alpha value is -0.120. The van der Waals surface area contributed by atoms with Crippen LogP contribution in [0, 0.1) is 5.92 Å². The minimum Gasteiger partial charge on any atom is -0.382 e. The van der Waals surface area contributed by atoms with E-state index < -0.39 is 0 Å². The normalized spacial score (nSPS) is 11.2. The van der Waals surface area contributed by atoms with Crippen LogP contribution in [0.15, 0.2) is 0 Å². The second kappa shape index (κ2) is 12.0. The highest BCUT2D eigenvalue weighted by atomic mass is 16.5. The van der Waals surface area contributed by atoms with Crippen LogP contribution in [0.4, 0.5) is 0 Å². The van der Waals surface area contributed by atoms with E-state index in [2.05, 4.69) is 13.8 Å². The summed E-state index contributed by atoms with van der Waals surface area (Å²) >= 11 is 0. The molecule has 0 unspecified atom stereocenters. The molecule has 3 nitrogen and oxygen atoms in total. The average molecular weight is 218 g/mol. The van der Waals surface area contributed by atoms with Crippen molar-refractivity contribution in [3.63, 3.8) is 0 Å². The fourth-order valence-corrected chi connectivity index (χ4v) is 1.05. The van der Waals surface area contributed by atoms with E-state index in [1.807, 2.05) is 6.92 Å². The summed E-state index contributed by atoms with van der Waals surface area (Å²) in [5.74, 6) is 0.720. The molecule has 0 aromatic heterocycles. The lowest BCUT2D eigenvalue weighted by Crippen LogP contribution is -2.08. The third-order valence-electron chi connectivity index (χ3n) is 1.99. The van der Waals surface area contributed by atoms with Gasteiger partial charge < -0.3 is 14.2 Å². The Labute approximate surface area is 94.1 Å². The maximum atomic E-state index is 5.42. The Morgan fingerprint density at radius 2 is 1.40 bits per heavy atom. The first-order chi connectivity index (χ1) is 7.27. The molecule has 0 atom stereocenters. The maximum Gasteiger partial charge on any atom is 0.0700 e. The van der Waals surface area contributed by atoms with Gasteiger partial charge in [-0.05, 0) is 25.7 Å². The summed E-state index contributed by atoms with van der Waals surface area (Å²) in [6.45, 7) is 11.0.